The Kier molecular flexibility index (Phi) is 5.71. The fourth-order valence-electron chi connectivity index (χ4n) is 3.07. The number of rotatable bonds is 6. The fraction of sp³-hybridized carbons (Fsp3) is 0.562. The molecule has 1 aliphatic rings. The van der Waals surface area contributed by atoms with Crippen LogP contribution in [0.4, 0.5) is 0 Å². The number of nitriles is 1. The number of aromatic nitrogens is 4. The highest BCUT2D eigenvalue weighted by Crippen LogP contribution is 2.33. The first-order valence-electron chi connectivity index (χ1n) is 8.24. The summed E-state index contributed by atoms with van der Waals surface area (Å²) in [4.78, 5) is 15.4. The van der Waals surface area contributed by atoms with Crippen LogP contribution < -0.4 is 0 Å². The Bertz CT molecular complexity index is 745. The number of amides is 1. The van der Waals surface area contributed by atoms with Crippen LogP contribution in [0.3, 0.4) is 0 Å². The first-order chi connectivity index (χ1) is 12.1. The molecule has 1 aliphatic carbocycles. The number of hydrogen-bond donors (Lipinski definition) is 0. The second-order valence-electron chi connectivity index (χ2n) is 6.14. The molecule has 0 atom stereocenters. The average molecular weight is 377 g/mol. The molecule has 1 fully saturated rings. The zero-order chi connectivity index (χ0) is 17.7. The predicted octanol–water partition coefficient (Wildman–Crippen LogP) is 2.56. The summed E-state index contributed by atoms with van der Waals surface area (Å²) in [6.45, 7) is 0.596. The van der Waals surface area contributed by atoms with Gasteiger partial charge in [-0.2, -0.15) is 5.26 Å². The van der Waals surface area contributed by atoms with Gasteiger partial charge in [-0.1, -0.05) is 37.1 Å². The van der Waals surface area contributed by atoms with Gasteiger partial charge in [0.15, 0.2) is 0 Å². The van der Waals surface area contributed by atoms with Crippen LogP contribution in [0.2, 0.25) is 0 Å². The third kappa shape index (κ3) is 4.02. The Labute approximate surface area is 155 Å². The molecule has 7 nitrogen and oxygen atoms in total. The van der Waals surface area contributed by atoms with Gasteiger partial charge in [-0.3, -0.25) is 4.79 Å². The van der Waals surface area contributed by atoms with Crippen molar-refractivity contribution in [3.8, 4) is 6.07 Å². The van der Waals surface area contributed by atoms with Crippen molar-refractivity contribution in [1.82, 2.24) is 25.1 Å². The Morgan fingerprint density at radius 1 is 1.48 bits per heavy atom. The van der Waals surface area contributed by atoms with Crippen LogP contribution in [0.15, 0.2) is 22.7 Å². The van der Waals surface area contributed by atoms with Crippen LogP contribution in [0.25, 0.3) is 0 Å². The van der Waals surface area contributed by atoms with E-state index in [1.807, 2.05) is 17.5 Å². The van der Waals surface area contributed by atoms with E-state index in [-0.39, 0.29) is 11.7 Å². The molecule has 3 rings (SSSR count). The summed E-state index contributed by atoms with van der Waals surface area (Å²) in [5.41, 5.74) is -0.654. The zero-order valence-electron chi connectivity index (χ0n) is 14.1. The van der Waals surface area contributed by atoms with E-state index in [2.05, 4.69) is 21.6 Å². The Hall–Kier alpha value is -1.92. The van der Waals surface area contributed by atoms with Gasteiger partial charge in [-0.05, 0) is 34.7 Å². The molecule has 132 valence electrons. The molecule has 2 heterocycles. The van der Waals surface area contributed by atoms with Gasteiger partial charge in [0.05, 0.1) is 18.4 Å². The molecule has 0 radical (unpaired) electrons. The summed E-state index contributed by atoms with van der Waals surface area (Å²) in [7, 11) is 1.74. The van der Waals surface area contributed by atoms with E-state index in [9.17, 15) is 10.1 Å². The number of hydrogen-bond acceptors (Lipinski definition) is 7. The van der Waals surface area contributed by atoms with Gasteiger partial charge in [0.1, 0.15) is 5.54 Å². The topological polar surface area (TPSA) is 87.7 Å². The van der Waals surface area contributed by atoms with E-state index in [4.69, 9.17) is 0 Å². The number of tetrazole rings is 1. The van der Waals surface area contributed by atoms with Crippen molar-refractivity contribution in [3.05, 3.63) is 22.4 Å². The van der Waals surface area contributed by atoms with E-state index in [0.717, 1.165) is 37.0 Å². The lowest BCUT2D eigenvalue weighted by Gasteiger charge is -2.39. The summed E-state index contributed by atoms with van der Waals surface area (Å²) in [5.74, 6) is 0.171. The van der Waals surface area contributed by atoms with E-state index in [1.165, 1.54) is 11.8 Å². The van der Waals surface area contributed by atoms with Gasteiger partial charge in [0, 0.05) is 11.9 Å². The molecule has 0 aromatic carbocycles. The molecular weight excluding hydrogens is 356 g/mol. The number of thioether (sulfide) groups is 1. The minimum absolute atomic E-state index is 0.0564. The number of carbonyl (C=O) groups is 1. The van der Waals surface area contributed by atoms with E-state index < -0.39 is 5.54 Å². The molecule has 1 saturated carbocycles. The molecule has 2 aromatic heterocycles. The minimum Gasteiger partial charge on any atom is -0.326 e. The summed E-state index contributed by atoms with van der Waals surface area (Å²) < 4.78 is 1.70. The van der Waals surface area contributed by atoms with Crippen molar-refractivity contribution in [1.29, 1.82) is 5.26 Å². The molecule has 25 heavy (non-hydrogen) atoms. The molecule has 0 N–H and O–H groups in total. The molecule has 1 amide bonds. The maximum atomic E-state index is 12.6. The summed E-state index contributed by atoms with van der Waals surface area (Å²) in [6, 6.07) is 6.40. The Morgan fingerprint density at radius 3 is 2.96 bits per heavy atom. The van der Waals surface area contributed by atoms with Gasteiger partial charge in [-0.15, -0.1) is 16.4 Å². The predicted molar refractivity (Wildman–Crippen MR) is 96.2 cm³/mol. The standard InChI is InChI=1S/C16H20N6OS2/c1-21(16(12-17)7-3-2-4-8-16)14(23)11-25-15-18-19-20-22(15)10-13-6-5-9-24-13/h5-6,9H,2-4,7-8,10-11H2,1H3. The Morgan fingerprint density at radius 2 is 2.28 bits per heavy atom. The molecule has 0 saturated heterocycles. The quantitative estimate of drug-likeness (QED) is 0.720. The van der Waals surface area contributed by atoms with Crippen molar-refractivity contribution in [2.75, 3.05) is 12.8 Å². The van der Waals surface area contributed by atoms with E-state index >= 15 is 0 Å². The van der Waals surface area contributed by atoms with Gasteiger partial charge in [0.2, 0.25) is 11.1 Å². The van der Waals surface area contributed by atoms with E-state index in [0.29, 0.717) is 11.7 Å². The van der Waals surface area contributed by atoms with Crippen LogP contribution in [0.1, 0.15) is 37.0 Å². The number of carbonyl (C=O) groups excluding carboxylic acids is 1. The van der Waals surface area contributed by atoms with Crippen molar-refractivity contribution < 1.29 is 4.79 Å². The molecule has 0 aliphatic heterocycles. The highest BCUT2D eigenvalue weighted by molar-refractivity contribution is 7.99. The molecule has 2 aromatic rings. The van der Waals surface area contributed by atoms with Gasteiger partial charge >= 0.3 is 0 Å². The second kappa shape index (κ2) is 7.97. The zero-order valence-corrected chi connectivity index (χ0v) is 15.7. The van der Waals surface area contributed by atoms with Crippen LogP contribution in [0, 0.1) is 11.3 Å². The summed E-state index contributed by atoms with van der Waals surface area (Å²) in [5, 5.41) is 24.0. The van der Waals surface area contributed by atoms with Gasteiger partial charge in [0.25, 0.3) is 0 Å². The van der Waals surface area contributed by atoms with Crippen LogP contribution in [-0.2, 0) is 11.3 Å². The third-order valence-electron chi connectivity index (χ3n) is 4.61. The molecule has 0 bridgehead atoms. The summed E-state index contributed by atoms with van der Waals surface area (Å²) in [6.07, 6.45) is 4.64. The lowest BCUT2D eigenvalue weighted by molar-refractivity contribution is -0.131. The molecule has 0 spiro atoms. The van der Waals surface area contributed by atoms with Crippen LogP contribution in [0.5, 0.6) is 0 Å². The van der Waals surface area contributed by atoms with Crippen LogP contribution >= 0.6 is 23.1 Å². The van der Waals surface area contributed by atoms with E-state index in [1.54, 1.807) is 28.0 Å². The Balaban J connectivity index is 1.61. The van der Waals surface area contributed by atoms with Gasteiger partial charge in [-0.25, -0.2) is 4.68 Å². The number of nitrogens with zero attached hydrogens (tertiary/aromatic N) is 6. The minimum atomic E-state index is -0.654. The SMILES string of the molecule is CN(C(=O)CSc1nnnn1Cc1cccs1)C1(C#N)CCCCC1. The highest BCUT2D eigenvalue weighted by atomic mass is 32.2. The lowest BCUT2D eigenvalue weighted by Crippen LogP contribution is -2.50. The molecule has 9 heteroatoms. The second-order valence-corrected chi connectivity index (χ2v) is 8.12. The molecular formula is C16H20N6OS2. The van der Waals surface area contributed by atoms with Crippen molar-refractivity contribution in [2.24, 2.45) is 0 Å². The largest absolute Gasteiger partial charge is 0.326 e. The lowest BCUT2D eigenvalue weighted by atomic mass is 9.81. The number of thiophene rings is 1. The van der Waals surface area contributed by atoms with Crippen LogP contribution in [-0.4, -0.2) is 49.4 Å². The van der Waals surface area contributed by atoms with Crippen molar-refractivity contribution in [2.45, 2.75) is 49.3 Å². The highest BCUT2D eigenvalue weighted by Gasteiger charge is 2.38. The summed E-state index contributed by atoms with van der Waals surface area (Å²) >= 11 is 2.96. The van der Waals surface area contributed by atoms with Crippen molar-refractivity contribution in [3.63, 3.8) is 0 Å². The molecule has 0 unspecified atom stereocenters. The smallest absolute Gasteiger partial charge is 0.234 e. The normalized spacial score (nSPS) is 16.3. The van der Waals surface area contributed by atoms with Gasteiger partial charge < -0.3 is 4.90 Å². The van der Waals surface area contributed by atoms with Crippen molar-refractivity contribution >= 4 is 29.0 Å². The fourth-order valence-corrected chi connectivity index (χ4v) is 4.55. The maximum Gasteiger partial charge on any atom is 0.234 e. The third-order valence-corrected chi connectivity index (χ3v) is 6.42. The average Bonchev–Trinajstić information content (AvgIpc) is 3.32. The first kappa shape index (κ1) is 17.9. The monoisotopic (exact) mass is 376 g/mol. The first-order valence-corrected chi connectivity index (χ1v) is 10.1. The maximum absolute atomic E-state index is 12.6.